The fourth-order valence-corrected chi connectivity index (χ4v) is 3.17. The summed E-state index contributed by atoms with van der Waals surface area (Å²) in [5.74, 6) is -0.970. The second kappa shape index (κ2) is 8.97. The largest absolute Gasteiger partial charge is 0.330 e. The zero-order valence-electron chi connectivity index (χ0n) is 14.9. The van der Waals surface area contributed by atoms with Gasteiger partial charge in [-0.3, -0.25) is 19.8 Å². The molecule has 1 fully saturated rings. The molecular formula is C18H26ClN3O3. The van der Waals surface area contributed by atoms with Crippen molar-refractivity contribution in [2.24, 2.45) is 0 Å². The Bertz CT molecular complexity index is 619. The van der Waals surface area contributed by atoms with Gasteiger partial charge in [0.25, 0.3) is 5.91 Å². The number of urea groups is 1. The maximum atomic E-state index is 13.1. The van der Waals surface area contributed by atoms with Crippen molar-refractivity contribution in [3.63, 3.8) is 0 Å². The third-order valence-electron chi connectivity index (χ3n) is 4.79. The summed E-state index contributed by atoms with van der Waals surface area (Å²) in [5.41, 5.74) is -0.714. The SMILES string of the molecule is CCN(CC)CCN1C(=O)NC(=O)C(CC)(c2ccccc2)C1=O.Cl. The maximum Gasteiger partial charge on any atom is 0.330 e. The molecule has 1 aromatic carbocycles. The van der Waals surface area contributed by atoms with Crippen LogP contribution in [0.1, 0.15) is 32.8 Å². The fourth-order valence-electron chi connectivity index (χ4n) is 3.17. The van der Waals surface area contributed by atoms with Crippen molar-refractivity contribution in [2.45, 2.75) is 32.6 Å². The Hall–Kier alpha value is -1.92. The third kappa shape index (κ3) is 3.85. The van der Waals surface area contributed by atoms with Crippen molar-refractivity contribution >= 4 is 30.3 Å². The van der Waals surface area contributed by atoms with Crippen LogP contribution in [-0.4, -0.2) is 53.8 Å². The molecule has 0 bridgehead atoms. The van der Waals surface area contributed by atoms with Gasteiger partial charge in [0.1, 0.15) is 0 Å². The fraction of sp³-hybridized carbons (Fsp3) is 0.500. The van der Waals surface area contributed by atoms with Gasteiger partial charge in [0.2, 0.25) is 5.91 Å². The monoisotopic (exact) mass is 367 g/mol. The molecule has 25 heavy (non-hydrogen) atoms. The van der Waals surface area contributed by atoms with Crippen LogP contribution >= 0.6 is 12.4 Å². The van der Waals surface area contributed by atoms with E-state index in [0.717, 1.165) is 13.1 Å². The van der Waals surface area contributed by atoms with Crippen molar-refractivity contribution in [3.8, 4) is 0 Å². The summed E-state index contributed by atoms with van der Waals surface area (Å²) in [5, 5.41) is 2.37. The van der Waals surface area contributed by atoms with Gasteiger partial charge in [-0.25, -0.2) is 4.79 Å². The van der Waals surface area contributed by atoms with E-state index in [1.807, 2.05) is 19.9 Å². The van der Waals surface area contributed by atoms with Gasteiger partial charge in [0.05, 0.1) is 0 Å². The van der Waals surface area contributed by atoms with Crippen molar-refractivity contribution in [3.05, 3.63) is 35.9 Å². The zero-order chi connectivity index (χ0) is 17.7. The number of amides is 4. The van der Waals surface area contributed by atoms with E-state index in [9.17, 15) is 14.4 Å². The van der Waals surface area contributed by atoms with E-state index in [4.69, 9.17) is 0 Å². The van der Waals surface area contributed by atoms with Gasteiger partial charge < -0.3 is 4.90 Å². The topological polar surface area (TPSA) is 69.7 Å². The molecule has 0 aromatic heterocycles. The molecule has 1 aliphatic heterocycles. The molecule has 0 spiro atoms. The van der Waals surface area contributed by atoms with Crippen molar-refractivity contribution < 1.29 is 14.4 Å². The molecule has 1 heterocycles. The van der Waals surface area contributed by atoms with E-state index >= 15 is 0 Å². The van der Waals surface area contributed by atoms with Gasteiger partial charge in [-0.05, 0) is 25.1 Å². The van der Waals surface area contributed by atoms with E-state index in [1.54, 1.807) is 31.2 Å². The lowest BCUT2D eigenvalue weighted by atomic mass is 9.75. The number of hydrogen-bond donors (Lipinski definition) is 1. The normalized spacial score (nSPS) is 20.5. The van der Waals surface area contributed by atoms with Gasteiger partial charge in [-0.15, -0.1) is 12.4 Å². The predicted octanol–water partition coefficient (Wildman–Crippen LogP) is 2.18. The number of halogens is 1. The Morgan fingerprint density at radius 2 is 1.64 bits per heavy atom. The zero-order valence-corrected chi connectivity index (χ0v) is 15.8. The molecule has 7 heteroatoms. The summed E-state index contributed by atoms with van der Waals surface area (Å²) in [4.78, 5) is 41.2. The molecule has 2 rings (SSSR count). The van der Waals surface area contributed by atoms with Gasteiger partial charge in [0, 0.05) is 13.1 Å². The van der Waals surface area contributed by atoms with E-state index < -0.39 is 23.3 Å². The van der Waals surface area contributed by atoms with Crippen LogP contribution in [0.3, 0.4) is 0 Å². The number of likely N-dealkylation sites (N-methyl/N-ethyl adjacent to an activating group) is 1. The van der Waals surface area contributed by atoms with Crippen LogP contribution in [0.25, 0.3) is 0 Å². The minimum atomic E-state index is -1.33. The van der Waals surface area contributed by atoms with Crippen LogP contribution < -0.4 is 5.32 Å². The number of nitrogens with zero attached hydrogens (tertiary/aromatic N) is 2. The van der Waals surface area contributed by atoms with Crippen molar-refractivity contribution in [1.29, 1.82) is 0 Å². The molecule has 6 nitrogen and oxygen atoms in total. The lowest BCUT2D eigenvalue weighted by Gasteiger charge is -2.39. The maximum absolute atomic E-state index is 13.1. The number of carbonyl (C=O) groups excluding carboxylic acids is 3. The average Bonchev–Trinajstić information content (AvgIpc) is 2.59. The Morgan fingerprint density at radius 1 is 1.04 bits per heavy atom. The van der Waals surface area contributed by atoms with Crippen LogP contribution in [0.4, 0.5) is 4.79 Å². The molecule has 1 aliphatic rings. The lowest BCUT2D eigenvalue weighted by molar-refractivity contribution is -0.145. The summed E-state index contributed by atoms with van der Waals surface area (Å²) in [6.45, 7) is 8.41. The van der Waals surface area contributed by atoms with E-state index in [1.165, 1.54) is 4.90 Å². The van der Waals surface area contributed by atoms with E-state index in [0.29, 0.717) is 18.5 Å². The highest BCUT2D eigenvalue weighted by Gasteiger charge is 2.53. The first kappa shape index (κ1) is 21.1. The molecule has 1 N–H and O–H groups in total. The summed E-state index contributed by atoms with van der Waals surface area (Å²) in [7, 11) is 0. The van der Waals surface area contributed by atoms with Gasteiger partial charge in [0.15, 0.2) is 5.41 Å². The molecule has 1 aromatic rings. The summed E-state index contributed by atoms with van der Waals surface area (Å²) < 4.78 is 0. The first-order chi connectivity index (χ1) is 11.5. The second-order valence-electron chi connectivity index (χ2n) is 5.87. The number of imide groups is 2. The van der Waals surface area contributed by atoms with Gasteiger partial charge in [-0.1, -0.05) is 51.1 Å². The first-order valence-electron chi connectivity index (χ1n) is 8.46. The van der Waals surface area contributed by atoms with Crippen LogP contribution in [0, 0.1) is 0 Å². The van der Waals surface area contributed by atoms with Gasteiger partial charge in [-0.2, -0.15) is 0 Å². The van der Waals surface area contributed by atoms with Crippen molar-refractivity contribution in [1.82, 2.24) is 15.1 Å². The van der Waals surface area contributed by atoms with E-state index in [-0.39, 0.29) is 19.0 Å². The Balaban J connectivity index is 0.00000312. The molecule has 138 valence electrons. The second-order valence-corrected chi connectivity index (χ2v) is 5.87. The Morgan fingerprint density at radius 3 is 2.16 bits per heavy atom. The minimum Gasteiger partial charge on any atom is -0.302 e. The highest BCUT2D eigenvalue weighted by molar-refractivity contribution is 6.22. The minimum absolute atomic E-state index is 0. The quantitative estimate of drug-likeness (QED) is 0.750. The summed E-state index contributed by atoms with van der Waals surface area (Å²) in [6.07, 6.45) is 0.302. The lowest BCUT2D eigenvalue weighted by Crippen LogP contribution is -2.66. The van der Waals surface area contributed by atoms with Gasteiger partial charge >= 0.3 is 6.03 Å². The van der Waals surface area contributed by atoms with Crippen molar-refractivity contribution in [2.75, 3.05) is 26.2 Å². The van der Waals surface area contributed by atoms with Crippen LogP contribution in [0.2, 0.25) is 0 Å². The van der Waals surface area contributed by atoms with Crippen LogP contribution in [-0.2, 0) is 15.0 Å². The number of carbonyl (C=O) groups is 3. The molecule has 0 aliphatic carbocycles. The van der Waals surface area contributed by atoms with E-state index in [2.05, 4.69) is 10.2 Å². The molecule has 1 unspecified atom stereocenters. The predicted molar refractivity (Wildman–Crippen MR) is 98.7 cm³/mol. The first-order valence-corrected chi connectivity index (χ1v) is 8.46. The average molecular weight is 368 g/mol. The smallest absolute Gasteiger partial charge is 0.302 e. The molecule has 4 amide bonds. The molecular weight excluding hydrogens is 342 g/mol. The number of rotatable bonds is 7. The standard InChI is InChI=1S/C18H25N3O3.ClH/c1-4-18(14-10-8-7-9-11-14)15(22)19-17(24)21(16(18)23)13-12-20(5-2)6-3;/h7-11H,4-6,12-13H2,1-3H3,(H,19,22,24);1H. The Kier molecular flexibility index (Phi) is 7.58. The molecule has 0 radical (unpaired) electrons. The number of nitrogens with one attached hydrogen (secondary N) is 1. The highest BCUT2D eigenvalue weighted by atomic mass is 35.5. The molecule has 0 saturated carbocycles. The Labute approximate surface area is 155 Å². The molecule has 1 atom stereocenters. The number of hydrogen-bond acceptors (Lipinski definition) is 4. The summed E-state index contributed by atoms with van der Waals surface area (Å²) >= 11 is 0. The third-order valence-corrected chi connectivity index (χ3v) is 4.79. The molecule has 1 saturated heterocycles. The number of benzene rings is 1. The van der Waals surface area contributed by atoms with Crippen LogP contribution in [0.15, 0.2) is 30.3 Å². The van der Waals surface area contributed by atoms with Crippen LogP contribution in [0.5, 0.6) is 0 Å². The summed E-state index contributed by atoms with van der Waals surface area (Å²) in [6, 6.07) is 8.32. The number of barbiturate groups is 1. The highest BCUT2D eigenvalue weighted by Crippen LogP contribution is 2.33.